The number of likely N-dealkylation sites (tertiary alicyclic amines) is 1. The van der Waals surface area contributed by atoms with E-state index in [2.05, 4.69) is 12.1 Å². The summed E-state index contributed by atoms with van der Waals surface area (Å²) in [6.07, 6.45) is 2.22. The molecule has 0 aromatic heterocycles. The summed E-state index contributed by atoms with van der Waals surface area (Å²) in [6.45, 7) is 1.99. The minimum Gasteiger partial charge on any atom is -0.480 e. The highest BCUT2D eigenvalue weighted by molar-refractivity contribution is 5.80. The van der Waals surface area contributed by atoms with Gasteiger partial charge in [-0.3, -0.25) is 14.5 Å². The fraction of sp³-hybridized carbons (Fsp3) is 0.364. The summed E-state index contributed by atoms with van der Waals surface area (Å²) < 4.78 is 0. The van der Waals surface area contributed by atoms with Crippen LogP contribution in [-0.2, 0) is 22.6 Å². The average Bonchev–Trinajstić information content (AvgIpc) is 3.15. The minimum atomic E-state index is -0.834. The molecule has 2 aromatic carbocycles. The Kier molecular flexibility index (Phi) is 6.60. The predicted octanol–water partition coefficient (Wildman–Crippen LogP) is 2.81. The van der Waals surface area contributed by atoms with Crippen molar-refractivity contribution in [2.75, 3.05) is 19.6 Å². The molecule has 0 spiro atoms. The zero-order chi connectivity index (χ0) is 19.1. The molecule has 0 bridgehead atoms. The highest BCUT2D eigenvalue weighted by atomic mass is 16.4. The van der Waals surface area contributed by atoms with Gasteiger partial charge in [-0.2, -0.15) is 0 Å². The topological polar surface area (TPSA) is 60.9 Å². The van der Waals surface area contributed by atoms with E-state index in [-0.39, 0.29) is 12.5 Å². The Hall–Kier alpha value is -2.66. The smallest absolute Gasteiger partial charge is 0.320 e. The molecule has 27 heavy (non-hydrogen) atoms. The van der Waals surface area contributed by atoms with Crippen LogP contribution in [0.2, 0.25) is 0 Å². The van der Waals surface area contributed by atoms with Gasteiger partial charge in [0, 0.05) is 13.1 Å². The molecule has 142 valence electrons. The number of benzene rings is 2. The van der Waals surface area contributed by atoms with Crippen LogP contribution in [0.1, 0.15) is 24.0 Å². The van der Waals surface area contributed by atoms with Gasteiger partial charge in [-0.25, -0.2) is 0 Å². The molecular weight excluding hydrogens is 340 g/mol. The van der Waals surface area contributed by atoms with Crippen molar-refractivity contribution in [1.82, 2.24) is 9.80 Å². The van der Waals surface area contributed by atoms with E-state index >= 15 is 0 Å². The summed E-state index contributed by atoms with van der Waals surface area (Å²) in [5, 5.41) is 9.36. The monoisotopic (exact) mass is 366 g/mol. The van der Waals surface area contributed by atoms with E-state index in [0.29, 0.717) is 26.1 Å². The normalized spacial score (nSPS) is 17.0. The van der Waals surface area contributed by atoms with Gasteiger partial charge in [0.25, 0.3) is 0 Å². The molecule has 1 N–H and O–H groups in total. The molecule has 1 unspecified atom stereocenters. The quantitative estimate of drug-likeness (QED) is 0.780. The second-order valence-electron chi connectivity index (χ2n) is 7.00. The number of rotatable bonds is 8. The van der Waals surface area contributed by atoms with Gasteiger partial charge in [0.05, 0.1) is 6.54 Å². The largest absolute Gasteiger partial charge is 0.480 e. The number of hydrogen-bond donors (Lipinski definition) is 1. The van der Waals surface area contributed by atoms with Crippen LogP contribution in [0.5, 0.6) is 0 Å². The lowest BCUT2D eigenvalue weighted by atomic mass is 10.1. The van der Waals surface area contributed by atoms with Gasteiger partial charge in [-0.1, -0.05) is 60.7 Å². The van der Waals surface area contributed by atoms with Crippen LogP contribution < -0.4 is 0 Å². The molecule has 0 aliphatic carbocycles. The van der Waals surface area contributed by atoms with E-state index in [4.69, 9.17) is 0 Å². The van der Waals surface area contributed by atoms with E-state index in [1.165, 1.54) is 5.56 Å². The molecule has 3 rings (SSSR count). The van der Waals surface area contributed by atoms with Gasteiger partial charge in [-0.05, 0) is 36.9 Å². The maximum Gasteiger partial charge on any atom is 0.320 e. The number of aliphatic carboxylic acids is 1. The van der Waals surface area contributed by atoms with Crippen LogP contribution in [0.25, 0.3) is 0 Å². The summed E-state index contributed by atoms with van der Waals surface area (Å²) in [4.78, 5) is 28.0. The van der Waals surface area contributed by atoms with Gasteiger partial charge < -0.3 is 10.0 Å². The summed E-state index contributed by atoms with van der Waals surface area (Å²) >= 11 is 0. The minimum absolute atomic E-state index is 0.0112. The molecule has 1 fully saturated rings. The average molecular weight is 366 g/mol. The maximum absolute atomic E-state index is 13.0. The van der Waals surface area contributed by atoms with Crippen molar-refractivity contribution in [2.24, 2.45) is 0 Å². The van der Waals surface area contributed by atoms with Crippen molar-refractivity contribution in [3.05, 3.63) is 71.8 Å². The molecule has 1 saturated heterocycles. The highest BCUT2D eigenvalue weighted by Crippen LogP contribution is 2.18. The Morgan fingerprint density at radius 2 is 1.63 bits per heavy atom. The Labute approximate surface area is 160 Å². The molecule has 1 amide bonds. The first-order chi connectivity index (χ1) is 13.1. The number of carboxylic acids is 1. The number of nitrogens with zero attached hydrogens (tertiary/aromatic N) is 2. The van der Waals surface area contributed by atoms with E-state index in [1.807, 2.05) is 53.4 Å². The van der Waals surface area contributed by atoms with Crippen LogP contribution in [0.3, 0.4) is 0 Å². The van der Waals surface area contributed by atoms with Gasteiger partial charge >= 0.3 is 5.97 Å². The van der Waals surface area contributed by atoms with Crippen molar-refractivity contribution in [3.8, 4) is 0 Å². The summed E-state index contributed by atoms with van der Waals surface area (Å²) in [7, 11) is 0. The molecule has 5 nitrogen and oxygen atoms in total. The van der Waals surface area contributed by atoms with E-state index in [0.717, 1.165) is 18.4 Å². The standard InChI is InChI=1S/C22H26N2O3/c25-21(17-23-14-7-12-20(23)22(26)27)24(16-19-10-5-2-6-11-19)15-13-18-8-3-1-4-9-18/h1-6,8-11,20H,7,12-17H2,(H,26,27). The molecule has 0 saturated carbocycles. The van der Waals surface area contributed by atoms with Gasteiger partial charge in [0.15, 0.2) is 0 Å². The summed E-state index contributed by atoms with van der Waals surface area (Å²) in [6, 6.07) is 19.5. The Morgan fingerprint density at radius 1 is 1.00 bits per heavy atom. The Morgan fingerprint density at radius 3 is 2.26 bits per heavy atom. The first kappa shape index (κ1) is 19.1. The lowest BCUT2D eigenvalue weighted by molar-refractivity contribution is -0.143. The second kappa shape index (κ2) is 9.33. The fourth-order valence-corrected chi connectivity index (χ4v) is 3.57. The molecule has 2 aromatic rings. The molecular formula is C22H26N2O3. The van der Waals surface area contributed by atoms with Crippen molar-refractivity contribution in [3.63, 3.8) is 0 Å². The maximum atomic E-state index is 13.0. The van der Waals surface area contributed by atoms with E-state index in [9.17, 15) is 14.7 Å². The predicted molar refractivity (Wildman–Crippen MR) is 104 cm³/mol. The van der Waals surface area contributed by atoms with Crippen LogP contribution >= 0.6 is 0 Å². The fourth-order valence-electron chi connectivity index (χ4n) is 3.57. The number of carbonyl (C=O) groups is 2. The summed E-state index contributed by atoms with van der Waals surface area (Å²) in [5.41, 5.74) is 2.27. The van der Waals surface area contributed by atoms with E-state index in [1.54, 1.807) is 4.90 Å². The third kappa shape index (κ3) is 5.41. The molecule has 1 heterocycles. The van der Waals surface area contributed by atoms with Crippen LogP contribution in [0, 0.1) is 0 Å². The van der Waals surface area contributed by atoms with Gasteiger partial charge in [-0.15, -0.1) is 0 Å². The van der Waals surface area contributed by atoms with Crippen LogP contribution in [-0.4, -0.2) is 52.5 Å². The van der Waals surface area contributed by atoms with Gasteiger partial charge in [0.2, 0.25) is 5.91 Å². The summed E-state index contributed by atoms with van der Waals surface area (Å²) in [5.74, 6) is -0.845. The lowest BCUT2D eigenvalue weighted by Gasteiger charge is -2.27. The van der Waals surface area contributed by atoms with Crippen molar-refractivity contribution >= 4 is 11.9 Å². The zero-order valence-electron chi connectivity index (χ0n) is 15.5. The molecule has 1 aliphatic heterocycles. The third-order valence-electron chi connectivity index (χ3n) is 5.07. The number of carboxylic acid groups (broad SMARTS) is 1. The zero-order valence-corrected chi connectivity index (χ0v) is 15.5. The third-order valence-corrected chi connectivity index (χ3v) is 5.07. The van der Waals surface area contributed by atoms with Crippen molar-refractivity contribution in [1.29, 1.82) is 0 Å². The van der Waals surface area contributed by atoms with Crippen LogP contribution in [0.15, 0.2) is 60.7 Å². The Bertz CT molecular complexity index is 749. The number of hydrogen-bond acceptors (Lipinski definition) is 3. The lowest BCUT2D eigenvalue weighted by Crippen LogP contribution is -2.45. The van der Waals surface area contributed by atoms with Gasteiger partial charge in [0.1, 0.15) is 6.04 Å². The van der Waals surface area contributed by atoms with E-state index < -0.39 is 12.0 Å². The number of amides is 1. The molecule has 0 radical (unpaired) electrons. The SMILES string of the molecule is O=C(O)C1CCCN1CC(=O)N(CCc1ccccc1)Cc1ccccc1. The van der Waals surface area contributed by atoms with Crippen molar-refractivity contribution in [2.45, 2.75) is 31.8 Å². The molecule has 5 heteroatoms. The van der Waals surface area contributed by atoms with Crippen molar-refractivity contribution < 1.29 is 14.7 Å². The number of carbonyl (C=O) groups excluding carboxylic acids is 1. The first-order valence-electron chi connectivity index (χ1n) is 9.46. The van der Waals surface area contributed by atoms with Crippen LogP contribution in [0.4, 0.5) is 0 Å². The highest BCUT2D eigenvalue weighted by Gasteiger charge is 2.32. The molecule has 1 atom stereocenters. The Balaban J connectivity index is 1.67. The molecule has 1 aliphatic rings. The second-order valence-corrected chi connectivity index (χ2v) is 7.00. The first-order valence-corrected chi connectivity index (χ1v) is 9.46.